The molecule has 1 heterocycles. The summed E-state index contributed by atoms with van der Waals surface area (Å²) in [5.74, 6) is 0.707. The first-order valence-corrected chi connectivity index (χ1v) is 8.95. The fraction of sp³-hybridized carbons (Fsp3) is 0.474. The van der Waals surface area contributed by atoms with E-state index in [4.69, 9.17) is 0 Å². The maximum absolute atomic E-state index is 10.2. The molecule has 0 saturated heterocycles. The van der Waals surface area contributed by atoms with Crippen molar-refractivity contribution in [1.82, 2.24) is 5.32 Å². The van der Waals surface area contributed by atoms with E-state index in [0.717, 1.165) is 11.3 Å². The van der Waals surface area contributed by atoms with E-state index in [1.54, 1.807) is 11.3 Å². The highest BCUT2D eigenvalue weighted by Gasteiger charge is 2.28. The Kier molecular flexibility index (Phi) is 4.67. The molecule has 1 atom stereocenters. The lowest BCUT2D eigenvalue weighted by molar-refractivity contribution is 0.158. The SMILES string of the molecule is CC(C)(CC1Cc2ccccc2C1)NCC(O)c1cccs1. The molecule has 2 aromatic rings. The van der Waals surface area contributed by atoms with E-state index in [1.807, 2.05) is 17.5 Å². The summed E-state index contributed by atoms with van der Waals surface area (Å²) >= 11 is 1.62. The molecular weight excluding hydrogens is 290 g/mol. The highest BCUT2D eigenvalue weighted by molar-refractivity contribution is 7.10. The lowest BCUT2D eigenvalue weighted by Gasteiger charge is -2.30. The number of fused-ring (bicyclic) bond motifs is 1. The van der Waals surface area contributed by atoms with Crippen molar-refractivity contribution in [3.05, 3.63) is 57.8 Å². The summed E-state index contributed by atoms with van der Waals surface area (Å²) in [7, 11) is 0. The minimum Gasteiger partial charge on any atom is -0.386 e. The van der Waals surface area contributed by atoms with Crippen LogP contribution in [0.1, 0.15) is 42.4 Å². The first kappa shape index (κ1) is 15.7. The molecule has 0 fully saturated rings. The number of β-amino-alcohol motifs (C(OH)–C–C–N with tert-alkyl or cyclic N) is 1. The number of thiophene rings is 1. The third-order valence-corrected chi connectivity index (χ3v) is 5.55. The Morgan fingerprint density at radius 2 is 1.86 bits per heavy atom. The summed E-state index contributed by atoms with van der Waals surface area (Å²) < 4.78 is 0. The van der Waals surface area contributed by atoms with Crippen LogP contribution < -0.4 is 5.32 Å². The molecule has 3 heteroatoms. The highest BCUT2D eigenvalue weighted by Crippen LogP contribution is 2.32. The third kappa shape index (κ3) is 3.78. The van der Waals surface area contributed by atoms with E-state index < -0.39 is 6.10 Å². The van der Waals surface area contributed by atoms with Crippen LogP contribution in [0.15, 0.2) is 41.8 Å². The van der Waals surface area contributed by atoms with Gasteiger partial charge in [0.25, 0.3) is 0 Å². The molecule has 0 amide bonds. The normalized spacial score (nSPS) is 16.7. The van der Waals surface area contributed by atoms with Crippen LogP contribution in [0.2, 0.25) is 0 Å². The van der Waals surface area contributed by atoms with Crippen molar-refractivity contribution in [3.8, 4) is 0 Å². The Balaban J connectivity index is 1.51. The van der Waals surface area contributed by atoms with Crippen molar-refractivity contribution in [3.63, 3.8) is 0 Å². The van der Waals surface area contributed by atoms with Gasteiger partial charge in [-0.1, -0.05) is 30.3 Å². The van der Waals surface area contributed by atoms with Gasteiger partial charge >= 0.3 is 0 Å². The molecule has 0 aliphatic heterocycles. The van der Waals surface area contributed by atoms with Crippen molar-refractivity contribution in [1.29, 1.82) is 0 Å². The standard InChI is InChI=1S/C19H25NOS/c1-19(2,20-13-17(21)18-8-5-9-22-18)12-14-10-15-6-3-4-7-16(15)11-14/h3-9,14,17,20-21H,10-13H2,1-2H3. The second-order valence-electron chi connectivity index (χ2n) is 7.04. The number of nitrogens with one attached hydrogen (secondary N) is 1. The fourth-order valence-corrected chi connectivity index (χ4v) is 4.25. The summed E-state index contributed by atoms with van der Waals surface area (Å²) in [6.07, 6.45) is 3.11. The van der Waals surface area contributed by atoms with Crippen molar-refractivity contribution in [2.45, 2.75) is 44.8 Å². The molecule has 0 radical (unpaired) electrons. The Morgan fingerprint density at radius 3 is 2.45 bits per heavy atom. The van der Waals surface area contributed by atoms with Gasteiger partial charge in [0, 0.05) is 17.0 Å². The summed E-state index contributed by atoms with van der Waals surface area (Å²) in [6.45, 7) is 5.11. The number of benzene rings is 1. The number of hydrogen-bond donors (Lipinski definition) is 2. The van der Waals surface area contributed by atoms with Crippen molar-refractivity contribution < 1.29 is 5.11 Å². The summed E-state index contributed by atoms with van der Waals surface area (Å²) in [6, 6.07) is 12.8. The first-order valence-electron chi connectivity index (χ1n) is 8.07. The zero-order valence-corrected chi connectivity index (χ0v) is 14.2. The van der Waals surface area contributed by atoms with Gasteiger partial charge in [0.15, 0.2) is 0 Å². The highest BCUT2D eigenvalue weighted by atomic mass is 32.1. The number of aliphatic hydroxyl groups is 1. The van der Waals surface area contributed by atoms with Crippen LogP contribution in [0, 0.1) is 5.92 Å². The smallest absolute Gasteiger partial charge is 0.101 e. The molecule has 2 N–H and O–H groups in total. The molecular formula is C19H25NOS. The second kappa shape index (κ2) is 6.53. The van der Waals surface area contributed by atoms with Gasteiger partial charge in [-0.15, -0.1) is 11.3 Å². The zero-order valence-electron chi connectivity index (χ0n) is 13.4. The molecule has 0 bridgehead atoms. The van der Waals surface area contributed by atoms with Gasteiger partial charge in [-0.3, -0.25) is 0 Å². The van der Waals surface area contributed by atoms with Gasteiger partial charge < -0.3 is 10.4 Å². The van der Waals surface area contributed by atoms with E-state index in [9.17, 15) is 5.11 Å². The van der Waals surface area contributed by atoms with Gasteiger partial charge in [0.05, 0.1) is 0 Å². The quantitative estimate of drug-likeness (QED) is 0.846. The molecule has 1 unspecified atom stereocenters. The van der Waals surface area contributed by atoms with Crippen molar-refractivity contribution >= 4 is 11.3 Å². The number of rotatable bonds is 6. The topological polar surface area (TPSA) is 32.3 Å². The van der Waals surface area contributed by atoms with Gasteiger partial charge in [-0.05, 0) is 61.6 Å². The maximum atomic E-state index is 10.2. The van der Waals surface area contributed by atoms with Crippen LogP contribution >= 0.6 is 11.3 Å². The monoisotopic (exact) mass is 315 g/mol. The summed E-state index contributed by atoms with van der Waals surface area (Å²) in [5, 5.41) is 15.8. The summed E-state index contributed by atoms with van der Waals surface area (Å²) in [4.78, 5) is 1.04. The van der Waals surface area contributed by atoms with Gasteiger partial charge in [0.1, 0.15) is 6.10 Å². The zero-order chi connectivity index (χ0) is 15.6. The van der Waals surface area contributed by atoms with Crippen LogP contribution in [0.3, 0.4) is 0 Å². The predicted octanol–water partition coefficient (Wildman–Crippen LogP) is 3.95. The van der Waals surface area contributed by atoms with Gasteiger partial charge in [-0.2, -0.15) is 0 Å². The lowest BCUT2D eigenvalue weighted by atomic mass is 9.88. The molecule has 1 aromatic carbocycles. The third-order valence-electron chi connectivity index (χ3n) is 4.58. The van der Waals surface area contributed by atoms with E-state index in [-0.39, 0.29) is 5.54 Å². The van der Waals surface area contributed by atoms with Crippen LogP contribution in [-0.2, 0) is 12.8 Å². The first-order chi connectivity index (χ1) is 10.5. The lowest BCUT2D eigenvalue weighted by Crippen LogP contribution is -2.43. The number of hydrogen-bond acceptors (Lipinski definition) is 3. The second-order valence-corrected chi connectivity index (χ2v) is 8.02. The minimum absolute atomic E-state index is 0.0466. The van der Waals surface area contributed by atoms with E-state index in [0.29, 0.717) is 12.5 Å². The van der Waals surface area contributed by atoms with E-state index in [1.165, 1.54) is 24.0 Å². The molecule has 118 valence electrons. The molecule has 1 aromatic heterocycles. The Hall–Kier alpha value is -1.16. The Morgan fingerprint density at radius 1 is 1.18 bits per heavy atom. The van der Waals surface area contributed by atoms with E-state index >= 15 is 0 Å². The molecule has 2 nitrogen and oxygen atoms in total. The maximum Gasteiger partial charge on any atom is 0.101 e. The number of aliphatic hydroxyl groups excluding tert-OH is 1. The van der Waals surface area contributed by atoms with Gasteiger partial charge in [-0.25, -0.2) is 0 Å². The van der Waals surface area contributed by atoms with E-state index in [2.05, 4.69) is 43.4 Å². The largest absolute Gasteiger partial charge is 0.386 e. The van der Waals surface area contributed by atoms with Crippen LogP contribution in [0.25, 0.3) is 0 Å². The molecule has 22 heavy (non-hydrogen) atoms. The van der Waals surface area contributed by atoms with Crippen molar-refractivity contribution in [2.75, 3.05) is 6.54 Å². The predicted molar refractivity (Wildman–Crippen MR) is 93.3 cm³/mol. The minimum atomic E-state index is -0.403. The molecule has 1 aliphatic rings. The Labute approximate surface area is 137 Å². The fourth-order valence-electron chi connectivity index (χ4n) is 3.54. The molecule has 1 aliphatic carbocycles. The molecule has 0 spiro atoms. The Bertz CT molecular complexity index is 581. The average Bonchev–Trinajstić information content (AvgIpc) is 3.12. The average molecular weight is 315 g/mol. The van der Waals surface area contributed by atoms with Gasteiger partial charge in [0.2, 0.25) is 0 Å². The van der Waals surface area contributed by atoms with Crippen LogP contribution in [0.4, 0.5) is 0 Å². The summed E-state index contributed by atoms with van der Waals surface area (Å²) in [5.41, 5.74) is 3.08. The van der Waals surface area contributed by atoms with Crippen LogP contribution in [0.5, 0.6) is 0 Å². The van der Waals surface area contributed by atoms with Crippen LogP contribution in [-0.4, -0.2) is 17.2 Å². The molecule has 0 saturated carbocycles. The van der Waals surface area contributed by atoms with Crippen molar-refractivity contribution in [2.24, 2.45) is 5.92 Å². The molecule has 3 rings (SSSR count).